The predicted molar refractivity (Wildman–Crippen MR) is 86.7 cm³/mol. The number of nitrogens with one attached hydrogen (secondary N) is 1. The highest BCUT2D eigenvalue weighted by molar-refractivity contribution is 6.35. The molecule has 7 heteroatoms. The number of aromatic amines is 1. The zero-order chi connectivity index (χ0) is 16.4. The molecule has 5 nitrogen and oxygen atoms in total. The third kappa shape index (κ3) is 3.17. The fourth-order valence-corrected chi connectivity index (χ4v) is 3.20. The van der Waals surface area contributed by atoms with Crippen molar-refractivity contribution in [1.82, 2.24) is 15.1 Å². The topological polar surface area (TPSA) is 75.0 Å². The van der Waals surface area contributed by atoms with E-state index < -0.39 is 0 Å². The van der Waals surface area contributed by atoms with Crippen LogP contribution in [0, 0.1) is 5.82 Å². The molecule has 0 aliphatic carbocycles. The first-order chi connectivity index (χ1) is 11.1. The SMILES string of the molecule is Nc1n[nH]c(C(=O)N2CCCCC[C@@H]2c2cccc(F)c2)c1Cl. The Morgan fingerprint density at radius 2 is 2.22 bits per heavy atom. The third-order valence-corrected chi connectivity index (χ3v) is 4.58. The molecule has 1 amide bonds. The van der Waals surface area contributed by atoms with Gasteiger partial charge in [-0.3, -0.25) is 9.89 Å². The maximum Gasteiger partial charge on any atom is 0.274 e. The maximum atomic E-state index is 13.6. The van der Waals surface area contributed by atoms with Gasteiger partial charge >= 0.3 is 0 Å². The van der Waals surface area contributed by atoms with Crippen LogP contribution in [0.25, 0.3) is 0 Å². The van der Waals surface area contributed by atoms with Crippen LogP contribution in [0.1, 0.15) is 47.8 Å². The van der Waals surface area contributed by atoms with Crippen molar-refractivity contribution >= 4 is 23.3 Å². The molecule has 0 unspecified atom stereocenters. The Bertz CT molecular complexity index is 718. The van der Waals surface area contributed by atoms with Gasteiger partial charge in [-0.15, -0.1) is 0 Å². The Balaban J connectivity index is 1.96. The van der Waals surface area contributed by atoms with E-state index in [-0.39, 0.29) is 34.3 Å². The lowest BCUT2D eigenvalue weighted by Gasteiger charge is -2.30. The number of amides is 1. The van der Waals surface area contributed by atoms with Crippen molar-refractivity contribution < 1.29 is 9.18 Å². The van der Waals surface area contributed by atoms with E-state index in [1.165, 1.54) is 12.1 Å². The summed E-state index contributed by atoms with van der Waals surface area (Å²) in [7, 11) is 0. The smallest absolute Gasteiger partial charge is 0.274 e. The summed E-state index contributed by atoms with van der Waals surface area (Å²) < 4.78 is 13.6. The fourth-order valence-electron chi connectivity index (χ4n) is 3.04. The summed E-state index contributed by atoms with van der Waals surface area (Å²) in [5, 5.41) is 6.52. The molecule has 3 rings (SSSR count). The van der Waals surface area contributed by atoms with Gasteiger partial charge in [-0.25, -0.2) is 4.39 Å². The van der Waals surface area contributed by atoms with Crippen LogP contribution in [0.5, 0.6) is 0 Å². The fraction of sp³-hybridized carbons (Fsp3) is 0.375. The van der Waals surface area contributed by atoms with Gasteiger partial charge in [0.2, 0.25) is 0 Å². The highest BCUT2D eigenvalue weighted by Crippen LogP contribution is 2.33. The Morgan fingerprint density at radius 3 is 2.91 bits per heavy atom. The van der Waals surface area contributed by atoms with Crippen molar-refractivity contribution in [2.75, 3.05) is 12.3 Å². The summed E-state index contributed by atoms with van der Waals surface area (Å²) in [5.74, 6) is -0.453. The standard InChI is InChI=1S/C16H18ClFN4O/c17-13-14(20-21-15(13)19)16(23)22-8-3-1-2-7-12(22)10-5-4-6-11(18)9-10/h4-6,9,12H,1-3,7-8H2,(H3,19,20,21)/t12-/m1/s1. The normalized spacial score (nSPS) is 18.7. The molecule has 0 spiro atoms. The molecule has 0 radical (unpaired) electrons. The summed E-state index contributed by atoms with van der Waals surface area (Å²) in [5.41, 5.74) is 6.59. The van der Waals surface area contributed by atoms with Gasteiger partial charge in [-0.2, -0.15) is 5.10 Å². The highest BCUT2D eigenvalue weighted by atomic mass is 35.5. The van der Waals surface area contributed by atoms with Gasteiger partial charge in [0.05, 0.1) is 6.04 Å². The van der Waals surface area contributed by atoms with Crippen LogP contribution < -0.4 is 5.73 Å². The van der Waals surface area contributed by atoms with Crippen LogP contribution in [-0.2, 0) is 0 Å². The van der Waals surface area contributed by atoms with Crippen molar-refractivity contribution in [3.8, 4) is 0 Å². The van der Waals surface area contributed by atoms with Gasteiger partial charge in [-0.1, -0.05) is 36.6 Å². The van der Waals surface area contributed by atoms with Gasteiger partial charge in [0.1, 0.15) is 16.5 Å². The zero-order valence-corrected chi connectivity index (χ0v) is 13.3. The second-order valence-corrected chi connectivity index (χ2v) is 6.09. The Labute approximate surface area is 138 Å². The number of hydrogen-bond acceptors (Lipinski definition) is 3. The second kappa shape index (κ2) is 6.58. The first-order valence-electron chi connectivity index (χ1n) is 7.63. The van der Waals surface area contributed by atoms with Gasteiger partial charge in [0.15, 0.2) is 5.82 Å². The van der Waals surface area contributed by atoms with Crippen molar-refractivity contribution in [2.24, 2.45) is 0 Å². The molecule has 1 atom stereocenters. The Morgan fingerprint density at radius 1 is 1.39 bits per heavy atom. The van der Waals surface area contributed by atoms with Crippen LogP contribution in [0.4, 0.5) is 10.2 Å². The second-order valence-electron chi connectivity index (χ2n) is 5.72. The number of anilines is 1. The van der Waals surface area contributed by atoms with E-state index in [1.54, 1.807) is 11.0 Å². The van der Waals surface area contributed by atoms with E-state index in [9.17, 15) is 9.18 Å². The number of halogens is 2. The molecule has 122 valence electrons. The summed E-state index contributed by atoms with van der Waals surface area (Å²) >= 11 is 6.06. The van der Waals surface area contributed by atoms with Gasteiger partial charge in [0, 0.05) is 6.54 Å². The number of hydrogen-bond donors (Lipinski definition) is 2. The maximum absolute atomic E-state index is 13.6. The molecule has 1 aromatic carbocycles. The van der Waals surface area contributed by atoms with Crippen molar-refractivity contribution in [3.05, 3.63) is 46.4 Å². The van der Waals surface area contributed by atoms with Gasteiger partial charge in [-0.05, 0) is 30.5 Å². The number of benzene rings is 1. The van der Waals surface area contributed by atoms with Crippen LogP contribution in [0.3, 0.4) is 0 Å². The minimum Gasteiger partial charge on any atom is -0.381 e. The van der Waals surface area contributed by atoms with E-state index in [0.717, 1.165) is 31.2 Å². The number of rotatable bonds is 2. The quantitative estimate of drug-likeness (QED) is 0.880. The van der Waals surface area contributed by atoms with Crippen LogP contribution in [0.15, 0.2) is 24.3 Å². The molecule has 2 aromatic rings. The molecule has 1 saturated heterocycles. The summed E-state index contributed by atoms with van der Waals surface area (Å²) in [6, 6.07) is 6.22. The number of nitrogens with two attached hydrogens (primary N) is 1. The molecule has 23 heavy (non-hydrogen) atoms. The zero-order valence-electron chi connectivity index (χ0n) is 12.6. The predicted octanol–water partition coefficient (Wildman–Crippen LogP) is 3.54. The third-order valence-electron chi connectivity index (χ3n) is 4.19. The molecule has 1 fully saturated rings. The minimum absolute atomic E-state index is 0.104. The van der Waals surface area contributed by atoms with Crippen LogP contribution in [-0.4, -0.2) is 27.5 Å². The number of likely N-dealkylation sites (tertiary alicyclic amines) is 1. The van der Waals surface area contributed by atoms with E-state index in [4.69, 9.17) is 17.3 Å². The summed E-state index contributed by atoms with van der Waals surface area (Å²) in [6.07, 6.45) is 3.72. The number of carbonyl (C=O) groups is 1. The Hall–Kier alpha value is -2.08. The summed E-state index contributed by atoms with van der Waals surface area (Å²) in [6.45, 7) is 0.593. The molecular formula is C16H18ClFN4O. The van der Waals surface area contributed by atoms with Crippen LogP contribution in [0.2, 0.25) is 5.02 Å². The van der Waals surface area contributed by atoms with Gasteiger partial charge < -0.3 is 10.6 Å². The first-order valence-corrected chi connectivity index (χ1v) is 8.01. The number of carbonyl (C=O) groups excluding carboxylic acids is 1. The molecule has 2 heterocycles. The lowest BCUT2D eigenvalue weighted by atomic mass is 10.0. The monoisotopic (exact) mass is 336 g/mol. The molecular weight excluding hydrogens is 319 g/mol. The van der Waals surface area contributed by atoms with E-state index in [0.29, 0.717) is 6.54 Å². The van der Waals surface area contributed by atoms with Crippen molar-refractivity contribution in [1.29, 1.82) is 0 Å². The first kappa shape index (κ1) is 15.8. The molecule has 1 aromatic heterocycles. The average molecular weight is 337 g/mol. The van der Waals surface area contributed by atoms with E-state index in [1.807, 2.05) is 6.07 Å². The molecule has 0 saturated carbocycles. The Kier molecular flexibility index (Phi) is 4.52. The average Bonchev–Trinajstić information content (AvgIpc) is 2.76. The molecule has 0 bridgehead atoms. The van der Waals surface area contributed by atoms with Crippen molar-refractivity contribution in [2.45, 2.75) is 31.7 Å². The van der Waals surface area contributed by atoms with E-state index >= 15 is 0 Å². The number of nitrogen functional groups attached to an aromatic ring is 1. The molecule has 3 N–H and O–H groups in total. The minimum atomic E-state index is -0.303. The van der Waals surface area contributed by atoms with Crippen molar-refractivity contribution in [3.63, 3.8) is 0 Å². The van der Waals surface area contributed by atoms with Crippen LogP contribution >= 0.6 is 11.6 Å². The van der Waals surface area contributed by atoms with Gasteiger partial charge in [0.25, 0.3) is 5.91 Å². The highest BCUT2D eigenvalue weighted by Gasteiger charge is 2.30. The lowest BCUT2D eigenvalue weighted by Crippen LogP contribution is -2.35. The molecule has 1 aliphatic heterocycles. The number of aromatic nitrogens is 2. The largest absolute Gasteiger partial charge is 0.381 e. The lowest BCUT2D eigenvalue weighted by molar-refractivity contribution is 0.0674. The summed E-state index contributed by atoms with van der Waals surface area (Å²) in [4.78, 5) is 14.6. The van der Waals surface area contributed by atoms with E-state index in [2.05, 4.69) is 10.2 Å². The number of nitrogens with zero attached hydrogens (tertiary/aromatic N) is 2. The molecule has 1 aliphatic rings. The number of H-pyrrole nitrogens is 1.